The number of benzene rings is 2. The lowest BCUT2D eigenvalue weighted by molar-refractivity contribution is 0.0135. The summed E-state index contributed by atoms with van der Waals surface area (Å²) in [5.74, 6) is 1.13. The molecule has 0 aromatic heterocycles. The van der Waals surface area contributed by atoms with Crippen molar-refractivity contribution in [1.82, 2.24) is 4.98 Å². The number of unbranched alkanes of at least 4 members (excludes halogenated alkanes) is 5. The zero-order valence-electron chi connectivity index (χ0n) is 15.2. The standard InChI is InChI=1S/C21H25NO4/c1-2-3-4-5-6-7-12-24-15-25-17-9-11-19-21(14-17)26-20-13-16(23)8-10-18(20)22-19/h8-11,13-14H,2-7,12,15H2,1H3. The first-order chi connectivity index (χ1) is 12.8. The highest BCUT2D eigenvalue weighted by Gasteiger charge is 2.09. The monoisotopic (exact) mass is 355 g/mol. The summed E-state index contributed by atoms with van der Waals surface area (Å²) in [4.78, 5) is 16.0. The van der Waals surface area contributed by atoms with Crippen molar-refractivity contribution in [3.63, 3.8) is 0 Å². The van der Waals surface area contributed by atoms with Crippen molar-refractivity contribution in [3.05, 3.63) is 46.6 Å². The maximum atomic E-state index is 11.5. The lowest BCUT2D eigenvalue weighted by Crippen LogP contribution is -2.04. The van der Waals surface area contributed by atoms with E-state index in [0.29, 0.717) is 29.4 Å². The molecule has 0 N–H and O–H groups in total. The maximum absolute atomic E-state index is 11.5. The Morgan fingerprint density at radius 2 is 1.85 bits per heavy atom. The largest absolute Gasteiger partial charge is 0.467 e. The van der Waals surface area contributed by atoms with Crippen LogP contribution in [-0.4, -0.2) is 18.4 Å². The molecule has 0 radical (unpaired) electrons. The zero-order chi connectivity index (χ0) is 18.2. The topological polar surface area (TPSA) is 61.6 Å². The minimum Gasteiger partial charge on any atom is -0.467 e. The third-order valence-electron chi connectivity index (χ3n) is 4.27. The van der Waals surface area contributed by atoms with E-state index in [-0.39, 0.29) is 12.2 Å². The second-order valence-corrected chi connectivity index (χ2v) is 6.41. The predicted octanol–water partition coefficient (Wildman–Crippen LogP) is 5.01. The van der Waals surface area contributed by atoms with Gasteiger partial charge in [-0.1, -0.05) is 39.0 Å². The molecule has 1 aromatic carbocycles. The Morgan fingerprint density at radius 3 is 2.73 bits per heavy atom. The van der Waals surface area contributed by atoms with Crippen LogP contribution < -0.4 is 10.2 Å². The molecular weight excluding hydrogens is 330 g/mol. The number of fused-ring (bicyclic) bond motifs is 2. The SMILES string of the molecule is CCCCCCCCOCOc1ccc2nc3ccc(=O)cc-3oc2c1. The van der Waals surface area contributed by atoms with Crippen LogP contribution >= 0.6 is 0 Å². The number of ether oxygens (including phenoxy) is 2. The summed E-state index contributed by atoms with van der Waals surface area (Å²) in [6.07, 6.45) is 7.44. The van der Waals surface area contributed by atoms with Gasteiger partial charge in [-0.05, 0) is 30.7 Å². The normalized spacial score (nSPS) is 11.3. The van der Waals surface area contributed by atoms with E-state index < -0.39 is 0 Å². The number of rotatable bonds is 10. The molecular formula is C21H25NO4. The highest BCUT2D eigenvalue weighted by molar-refractivity contribution is 5.77. The molecule has 0 fully saturated rings. The van der Waals surface area contributed by atoms with Crippen LogP contribution in [0.4, 0.5) is 0 Å². The first-order valence-electron chi connectivity index (χ1n) is 9.31. The third-order valence-corrected chi connectivity index (χ3v) is 4.27. The van der Waals surface area contributed by atoms with E-state index in [2.05, 4.69) is 11.9 Å². The maximum Gasteiger partial charge on any atom is 0.189 e. The number of hydrogen-bond donors (Lipinski definition) is 0. The summed E-state index contributed by atoms with van der Waals surface area (Å²) in [5, 5.41) is 0. The fraction of sp³-hybridized carbons (Fsp3) is 0.429. The van der Waals surface area contributed by atoms with Crippen LogP contribution in [0.25, 0.3) is 22.6 Å². The highest BCUT2D eigenvalue weighted by atomic mass is 16.7. The van der Waals surface area contributed by atoms with Gasteiger partial charge in [0.2, 0.25) is 0 Å². The van der Waals surface area contributed by atoms with Gasteiger partial charge in [0.05, 0.1) is 6.61 Å². The van der Waals surface area contributed by atoms with Gasteiger partial charge in [0, 0.05) is 12.1 Å². The molecule has 1 aromatic rings. The third kappa shape index (κ3) is 5.05. The molecule has 26 heavy (non-hydrogen) atoms. The van der Waals surface area contributed by atoms with Crippen LogP contribution in [0.5, 0.6) is 5.75 Å². The van der Waals surface area contributed by atoms with Gasteiger partial charge in [0.1, 0.15) is 17.0 Å². The lowest BCUT2D eigenvalue weighted by atomic mass is 10.1. The molecule has 0 saturated heterocycles. The van der Waals surface area contributed by atoms with E-state index >= 15 is 0 Å². The fourth-order valence-corrected chi connectivity index (χ4v) is 2.83. The van der Waals surface area contributed by atoms with Gasteiger partial charge in [-0.25, -0.2) is 4.98 Å². The first-order valence-corrected chi connectivity index (χ1v) is 9.31. The van der Waals surface area contributed by atoms with Crippen LogP contribution in [0.15, 0.2) is 45.6 Å². The number of aromatic nitrogens is 1. The molecule has 2 aliphatic rings. The number of hydrogen-bond acceptors (Lipinski definition) is 5. The molecule has 1 heterocycles. The van der Waals surface area contributed by atoms with Crippen LogP contribution in [0, 0.1) is 0 Å². The Hall–Kier alpha value is -2.40. The van der Waals surface area contributed by atoms with E-state index in [9.17, 15) is 4.79 Å². The van der Waals surface area contributed by atoms with E-state index in [1.807, 2.05) is 12.1 Å². The van der Waals surface area contributed by atoms with E-state index in [1.165, 1.54) is 44.2 Å². The second kappa shape index (κ2) is 9.34. The Kier molecular flexibility index (Phi) is 6.61. The lowest BCUT2D eigenvalue weighted by Gasteiger charge is -2.09. The molecule has 0 spiro atoms. The molecule has 0 unspecified atom stereocenters. The minimum atomic E-state index is -0.0992. The summed E-state index contributed by atoms with van der Waals surface area (Å²) in [6, 6.07) is 10.0. The Balaban J connectivity index is 1.50. The summed E-state index contributed by atoms with van der Waals surface area (Å²) in [6.45, 7) is 3.15. The first kappa shape index (κ1) is 18.4. The van der Waals surface area contributed by atoms with Gasteiger partial charge in [0.25, 0.3) is 0 Å². The summed E-state index contributed by atoms with van der Waals surface area (Å²) >= 11 is 0. The molecule has 5 nitrogen and oxygen atoms in total. The fourth-order valence-electron chi connectivity index (χ4n) is 2.83. The Labute approximate surface area is 153 Å². The van der Waals surface area contributed by atoms with Crippen molar-refractivity contribution in [3.8, 4) is 17.2 Å². The average Bonchev–Trinajstić information content (AvgIpc) is 2.65. The number of nitrogens with zero attached hydrogens (tertiary/aromatic N) is 1. The van der Waals surface area contributed by atoms with Crippen molar-refractivity contribution in [2.24, 2.45) is 0 Å². The molecule has 138 valence electrons. The van der Waals surface area contributed by atoms with Gasteiger partial charge in [-0.3, -0.25) is 4.79 Å². The highest BCUT2D eigenvalue weighted by Crippen LogP contribution is 2.26. The van der Waals surface area contributed by atoms with Gasteiger partial charge < -0.3 is 13.9 Å². The second-order valence-electron chi connectivity index (χ2n) is 6.41. The molecule has 0 bridgehead atoms. The smallest absolute Gasteiger partial charge is 0.189 e. The Morgan fingerprint density at radius 1 is 1.00 bits per heavy atom. The van der Waals surface area contributed by atoms with Crippen molar-refractivity contribution in [2.45, 2.75) is 45.4 Å². The summed E-state index contributed by atoms with van der Waals surface area (Å²) in [7, 11) is 0. The van der Waals surface area contributed by atoms with Crippen molar-refractivity contribution >= 4 is 11.1 Å². The van der Waals surface area contributed by atoms with Crippen LogP contribution in [0.3, 0.4) is 0 Å². The van der Waals surface area contributed by atoms with E-state index in [4.69, 9.17) is 13.9 Å². The van der Waals surface area contributed by atoms with Gasteiger partial charge in [-0.15, -0.1) is 0 Å². The molecule has 0 saturated carbocycles. The quantitative estimate of drug-likeness (QED) is 0.291. The summed E-state index contributed by atoms with van der Waals surface area (Å²) < 4.78 is 16.9. The molecule has 1 aliphatic heterocycles. The van der Waals surface area contributed by atoms with Crippen LogP contribution in [0.2, 0.25) is 0 Å². The van der Waals surface area contributed by atoms with Crippen molar-refractivity contribution in [2.75, 3.05) is 13.4 Å². The van der Waals surface area contributed by atoms with Crippen molar-refractivity contribution < 1.29 is 13.9 Å². The van der Waals surface area contributed by atoms with Gasteiger partial charge in [0.15, 0.2) is 23.6 Å². The summed E-state index contributed by atoms with van der Waals surface area (Å²) in [5.41, 5.74) is 1.86. The van der Waals surface area contributed by atoms with Crippen molar-refractivity contribution in [1.29, 1.82) is 0 Å². The molecule has 0 atom stereocenters. The molecule has 3 rings (SSSR count). The van der Waals surface area contributed by atoms with Gasteiger partial charge >= 0.3 is 0 Å². The van der Waals surface area contributed by atoms with Crippen LogP contribution in [-0.2, 0) is 4.74 Å². The zero-order valence-corrected chi connectivity index (χ0v) is 15.2. The minimum absolute atomic E-state index is 0.0992. The van der Waals surface area contributed by atoms with Crippen LogP contribution in [0.1, 0.15) is 45.4 Å². The Bertz CT molecular complexity index is 858. The molecule has 0 amide bonds. The van der Waals surface area contributed by atoms with E-state index in [1.54, 1.807) is 12.1 Å². The molecule has 1 aliphatic carbocycles. The van der Waals surface area contributed by atoms with Gasteiger partial charge in [-0.2, -0.15) is 0 Å². The predicted molar refractivity (Wildman–Crippen MR) is 102 cm³/mol. The van der Waals surface area contributed by atoms with E-state index in [0.717, 1.165) is 11.9 Å². The molecule has 5 heteroatoms. The average molecular weight is 355 g/mol.